The summed E-state index contributed by atoms with van der Waals surface area (Å²) in [6, 6.07) is 5.58. The quantitative estimate of drug-likeness (QED) is 0.707. The number of benzene rings is 1. The third kappa shape index (κ3) is 1.53. The molecule has 0 aliphatic carbocycles. The minimum atomic E-state index is 0.700. The van der Waals surface area contributed by atoms with Crippen molar-refractivity contribution in [2.75, 3.05) is 0 Å². The molecule has 3 N–H and O–H groups in total. The van der Waals surface area contributed by atoms with Crippen LogP contribution in [-0.2, 0) is 0 Å². The number of H-pyrrole nitrogens is 1. The van der Waals surface area contributed by atoms with E-state index in [4.69, 9.17) is 11.6 Å². The standard InChI is InChI=1S/C11H9ClN4/c12-7-3-4-8-10(6-7)15-11(14-8)9-2-1-5-13-16-9/h1-6,13,16H,(H,14,15). The van der Waals surface area contributed by atoms with Crippen molar-refractivity contribution >= 4 is 28.3 Å². The Morgan fingerprint density at radius 1 is 1.25 bits per heavy atom. The first-order chi connectivity index (χ1) is 7.83. The van der Waals surface area contributed by atoms with Crippen LogP contribution in [0.3, 0.4) is 0 Å². The summed E-state index contributed by atoms with van der Waals surface area (Å²) in [6.45, 7) is 0. The highest BCUT2D eigenvalue weighted by Crippen LogP contribution is 2.19. The number of rotatable bonds is 1. The predicted octanol–water partition coefficient (Wildman–Crippen LogP) is 2.18. The first-order valence-electron chi connectivity index (χ1n) is 4.87. The lowest BCUT2D eigenvalue weighted by atomic mass is 10.3. The number of halogens is 1. The normalized spacial score (nSPS) is 14.4. The van der Waals surface area contributed by atoms with Crippen LogP contribution in [0.25, 0.3) is 16.7 Å². The fraction of sp³-hybridized carbons (Fsp3) is 0. The molecule has 4 nitrogen and oxygen atoms in total. The van der Waals surface area contributed by atoms with Gasteiger partial charge in [-0.1, -0.05) is 11.6 Å². The summed E-state index contributed by atoms with van der Waals surface area (Å²) in [7, 11) is 0. The first kappa shape index (κ1) is 9.30. The summed E-state index contributed by atoms with van der Waals surface area (Å²) in [6.07, 6.45) is 5.66. The maximum Gasteiger partial charge on any atom is 0.156 e. The van der Waals surface area contributed by atoms with Gasteiger partial charge in [0, 0.05) is 11.2 Å². The number of aromatic amines is 1. The van der Waals surface area contributed by atoms with Gasteiger partial charge in [-0.3, -0.25) is 5.43 Å². The van der Waals surface area contributed by atoms with E-state index in [1.165, 1.54) is 0 Å². The average Bonchev–Trinajstić information content (AvgIpc) is 2.73. The van der Waals surface area contributed by atoms with Crippen LogP contribution < -0.4 is 10.9 Å². The van der Waals surface area contributed by atoms with E-state index >= 15 is 0 Å². The van der Waals surface area contributed by atoms with Crippen LogP contribution in [0.15, 0.2) is 36.6 Å². The summed E-state index contributed by atoms with van der Waals surface area (Å²) < 4.78 is 0. The van der Waals surface area contributed by atoms with Gasteiger partial charge in [-0.05, 0) is 30.4 Å². The Kier molecular flexibility index (Phi) is 2.08. The minimum Gasteiger partial charge on any atom is -0.337 e. The maximum absolute atomic E-state index is 5.91. The van der Waals surface area contributed by atoms with E-state index in [0.29, 0.717) is 5.02 Å². The monoisotopic (exact) mass is 232 g/mol. The van der Waals surface area contributed by atoms with Crippen LogP contribution in [0.1, 0.15) is 5.82 Å². The Labute approximate surface area is 97.0 Å². The molecule has 0 bridgehead atoms. The molecule has 16 heavy (non-hydrogen) atoms. The Morgan fingerprint density at radius 2 is 2.19 bits per heavy atom. The third-order valence-corrected chi connectivity index (χ3v) is 2.58. The summed E-state index contributed by atoms with van der Waals surface area (Å²) in [5.74, 6) is 0.786. The number of allylic oxidation sites excluding steroid dienone is 2. The maximum atomic E-state index is 5.91. The van der Waals surface area contributed by atoms with Crippen LogP contribution in [-0.4, -0.2) is 9.97 Å². The van der Waals surface area contributed by atoms with Crippen molar-refractivity contribution < 1.29 is 0 Å². The molecule has 0 saturated carbocycles. The molecule has 0 atom stereocenters. The number of aromatic nitrogens is 2. The number of hydrazine groups is 1. The highest BCUT2D eigenvalue weighted by molar-refractivity contribution is 6.31. The molecular weight excluding hydrogens is 224 g/mol. The topological polar surface area (TPSA) is 52.7 Å². The SMILES string of the molecule is Clc1ccc2nc(C3=CC=CNN3)[nH]c2c1. The zero-order valence-corrected chi connectivity index (χ0v) is 9.05. The number of nitrogens with zero attached hydrogens (tertiary/aromatic N) is 1. The molecule has 0 fully saturated rings. The van der Waals surface area contributed by atoms with Crippen LogP contribution in [0.5, 0.6) is 0 Å². The molecule has 1 aromatic heterocycles. The summed E-state index contributed by atoms with van der Waals surface area (Å²) in [5.41, 5.74) is 8.64. The smallest absolute Gasteiger partial charge is 0.156 e. The van der Waals surface area contributed by atoms with Crippen LogP contribution in [0.2, 0.25) is 5.02 Å². The Morgan fingerprint density at radius 3 is 3.00 bits per heavy atom. The fourth-order valence-electron chi connectivity index (χ4n) is 1.60. The number of fused-ring (bicyclic) bond motifs is 1. The molecule has 1 aromatic carbocycles. The van der Waals surface area contributed by atoms with Gasteiger partial charge >= 0.3 is 0 Å². The van der Waals surface area contributed by atoms with E-state index in [9.17, 15) is 0 Å². The molecule has 0 unspecified atom stereocenters. The van der Waals surface area contributed by atoms with E-state index < -0.39 is 0 Å². The highest BCUT2D eigenvalue weighted by atomic mass is 35.5. The molecule has 0 saturated heterocycles. The number of imidazole rings is 1. The van der Waals surface area contributed by atoms with E-state index in [0.717, 1.165) is 22.6 Å². The Bertz CT molecular complexity index is 597. The summed E-state index contributed by atoms with van der Waals surface area (Å²) >= 11 is 5.91. The second kappa shape index (κ2) is 3.57. The van der Waals surface area contributed by atoms with Gasteiger partial charge in [-0.25, -0.2) is 4.98 Å². The Balaban J connectivity index is 2.11. The van der Waals surface area contributed by atoms with Crippen molar-refractivity contribution in [2.24, 2.45) is 0 Å². The van der Waals surface area contributed by atoms with Gasteiger partial charge in [0.25, 0.3) is 0 Å². The Hall–Kier alpha value is -1.94. The van der Waals surface area contributed by atoms with Crippen LogP contribution in [0.4, 0.5) is 0 Å². The van der Waals surface area contributed by atoms with Gasteiger partial charge in [-0.2, -0.15) is 0 Å². The second-order valence-electron chi connectivity index (χ2n) is 3.46. The molecule has 2 heterocycles. The molecule has 1 aliphatic heterocycles. The number of hydrogen-bond acceptors (Lipinski definition) is 3. The van der Waals surface area contributed by atoms with E-state index in [1.54, 1.807) is 0 Å². The van der Waals surface area contributed by atoms with Gasteiger partial charge in [0.1, 0.15) is 0 Å². The largest absolute Gasteiger partial charge is 0.337 e. The van der Waals surface area contributed by atoms with Gasteiger partial charge in [0.05, 0.1) is 16.7 Å². The van der Waals surface area contributed by atoms with E-state index in [-0.39, 0.29) is 0 Å². The predicted molar refractivity (Wildman–Crippen MR) is 64.5 cm³/mol. The molecule has 2 aromatic rings. The molecule has 3 rings (SSSR count). The molecule has 0 spiro atoms. The van der Waals surface area contributed by atoms with Crippen LogP contribution in [0, 0.1) is 0 Å². The molecule has 1 aliphatic rings. The number of hydrogen-bond donors (Lipinski definition) is 3. The lowest BCUT2D eigenvalue weighted by Gasteiger charge is -2.10. The van der Waals surface area contributed by atoms with Crippen molar-refractivity contribution in [3.05, 3.63) is 47.4 Å². The molecule has 0 amide bonds. The lowest BCUT2D eigenvalue weighted by Crippen LogP contribution is -2.27. The van der Waals surface area contributed by atoms with Crippen molar-refractivity contribution in [3.8, 4) is 0 Å². The number of nitrogens with one attached hydrogen (secondary N) is 3. The van der Waals surface area contributed by atoms with Gasteiger partial charge in [0.2, 0.25) is 0 Å². The lowest BCUT2D eigenvalue weighted by molar-refractivity contribution is 0.780. The van der Waals surface area contributed by atoms with E-state index in [2.05, 4.69) is 20.8 Å². The van der Waals surface area contributed by atoms with Crippen molar-refractivity contribution in [1.29, 1.82) is 0 Å². The molecule has 80 valence electrons. The second-order valence-corrected chi connectivity index (χ2v) is 3.89. The average molecular weight is 233 g/mol. The summed E-state index contributed by atoms with van der Waals surface area (Å²) in [5, 5.41) is 0.700. The zero-order chi connectivity index (χ0) is 11.0. The summed E-state index contributed by atoms with van der Waals surface area (Å²) in [4.78, 5) is 7.66. The first-order valence-corrected chi connectivity index (χ1v) is 5.25. The molecule has 5 heteroatoms. The fourth-order valence-corrected chi connectivity index (χ4v) is 1.77. The third-order valence-electron chi connectivity index (χ3n) is 2.35. The van der Waals surface area contributed by atoms with Gasteiger partial charge in [0.15, 0.2) is 5.82 Å². The van der Waals surface area contributed by atoms with Crippen molar-refractivity contribution in [3.63, 3.8) is 0 Å². The van der Waals surface area contributed by atoms with Crippen molar-refractivity contribution in [1.82, 2.24) is 20.8 Å². The molecular formula is C11H9ClN4. The minimum absolute atomic E-state index is 0.700. The molecule has 0 radical (unpaired) electrons. The van der Waals surface area contributed by atoms with Crippen LogP contribution >= 0.6 is 11.6 Å². The van der Waals surface area contributed by atoms with Crippen molar-refractivity contribution in [2.45, 2.75) is 0 Å². The van der Waals surface area contributed by atoms with Gasteiger partial charge < -0.3 is 10.4 Å². The highest BCUT2D eigenvalue weighted by Gasteiger charge is 2.08. The van der Waals surface area contributed by atoms with Gasteiger partial charge in [-0.15, -0.1) is 0 Å². The van der Waals surface area contributed by atoms with E-state index in [1.807, 2.05) is 36.6 Å². The zero-order valence-electron chi connectivity index (χ0n) is 8.29.